The van der Waals surface area contributed by atoms with Crippen LogP contribution in [-0.2, 0) is 0 Å². The van der Waals surface area contributed by atoms with Gasteiger partial charge in [-0.3, -0.25) is 4.99 Å². The van der Waals surface area contributed by atoms with Gasteiger partial charge in [-0.15, -0.1) is 13.2 Å². The number of amidine groups is 1. The van der Waals surface area contributed by atoms with Gasteiger partial charge in [0.05, 0.1) is 12.1 Å². The van der Waals surface area contributed by atoms with Crippen LogP contribution >= 0.6 is 11.8 Å². The minimum absolute atomic E-state index is 0.129. The molecule has 1 fully saturated rings. The van der Waals surface area contributed by atoms with Crippen LogP contribution in [-0.4, -0.2) is 63.9 Å². The quantitative estimate of drug-likeness (QED) is 0.754. The zero-order chi connectivity index (χ0) is 19.9. The first kappa shape index (κ1) is 19.1. The lowest BCUT2D eigenvalue weighted by molar-refractivity contribution is -0.274. The third kappa shape index (κ3) is 4.11. The van der Waals surface area contributed by atoms with E-state index in [0.717, 1.165) is 24.8 Å². The van der Waals surface area contributed by atoms with E-state index in [1.165, 1.54) is 24.5 Å². The van der Waals surface area contributed by atoms with Gasteiger partial charge in [-0.05, 0) is 32.0 Å². The highest BCUT2D eigenvalue weighted by molar-refractivity contribution is 8.15. The van der Waals surface area contributed by atoms with E-state index in [9.17, 15) is 13.2 Å². The summed E-state index contributed by atoms with van der Waals surface area (Å²) in [7, 11) is 0. The number of nitrogens with zero attached hydrogens (tertiary/aromatic N) is 5. The number of benzene rings is 1. The van der Waals surface area contributed by atoms with Crippen LogP contribution in [0.2, 0.25) is 0 Å². The number of ether oxygens (including phenoxy) is 1. The van der Waals surface area contributed by atoms with Crippen LogP contribution < -0.4 is 9.64 Å². The number of rotatable bonds is 2. The van der Waals surface area contributed by atoms with E-state index in [4.69, 9.17) is 0 Å². The van der Waals surface area contributed by atoms with Gasteiger partial charge in [0.1, 0.15) is 17.9 Å². The number of alkyl halides is 3. The summed E-state index contributed by atoms with van der Waals surface area (Å²) < 4.78 is 41.9. The summed E-state index contributed by atoms with van der Waals surface area (Å²) in [6, 6.07) is 4.13. The molecule has 0 aliphatic carbocycles. The van der Waals surface area contributed by atoms with Crippen molar-refractivity contribution in [3.63, 3.8) is 0 Å². The van der Waals surface area contributed by atoms with Gasteiger partial charge in [0.15, 0.2) is 5.17 Å². The number of halogens is 3. The molecule has 3 heterocycles. The van der Waals surface area contributed by atoms with Gasteiger partial charge < -0.3 is 14.5 Å². The molecule has 1 aromatic carbocycles. The molecule has 0 atom stereocenters. The molecule has 0 N–H and O–H groups in total. The molecule has 0 unspecified atom stereocenters. The zero-order valence-electron chi connectivity index (χ0n) is 15.5. The lowest BCUT2D eigenvalue weighted by Crippen LogP contribution is -2.48. The largest absolute Gasteiger partial charge is 0.573 e. The van der Waals surface area contributed by atoms with Crippen molar-refractivity contribution in [1.82, 2.24) is 14.9 Å². The van der Waals surface area contributed by atoms with Gasteiger partial charge in [0, 0.05) is 36.3 Å². The monoisotopic (exact) mass is 411 g/mol. The van der Waals surface area contributed by atoms with E-state index in [0.29, 0.717) is 29.8 Å². The Hall–Kier alpha value is -2.23. The van der Waals surface area contributed by atoms with Crippen LogP contribution in [0.1, 0.15) is 13.8 Å². The van der Waals surface area contributed by atoms with Crippen molar-refractivity contribution in [3.8, 4) is 5.75 Å². The average Bonchev–Trinajstić information content (AvgIpc) is 3.00. The standard InChI is InChI=1S/C18H20F3N5OS/c1-17(2)10-22-16(28-17)26-7-5-25(6-8-26)15-13-9-12(27-18(19,20)21)3-4-14(13)23-11-24-15/h3-4,9,11H,5-8,10H2,1-2H3. The fraction of sp³-hybridized carbons (Fsp3) is 0.500. The van der Waals surface area contributed by atoms with Crippen LogP contribution in [0.25, 0.3) is 10.9 Å². The highest BCUT2D eigenvalue weighted by atomic mass is 32.2. The third-order valence-corrected chi connectivity index (χ3v) is 5.88. The molecule has 0 radical (unpaired) electrons. The normalized spacial score (nSPS) is 19.8. The lowest BCUT2D eigenvalue weighted by Gasteiger charge is -2.36. The van der Waals surface area contributed by atoms with E-state index >= 15 is 0 Å². The van der Waals surface area contributed by atoms with Gasteiger partial charge in [0.2, 0.25) is 0 Å². The molecule has 0 bridgehead atoms. The second kappa shape index (κ2) is 6.98. The first-order chi connectivity index (χ1) is 13.2. The maximum Gasteiger partial charge on any atom is 0.573 e. The molecule has 150 valence electrons. The van der Waals surface area contributed by atoms with Crippen molar-refractivity contribution in [2.45, 2.75) is 25.0 Å². The molecule has 0 saturated carbocycles. The Bertz CT molecular complexity index is 910. The highest BCUT2D eigenvalue weighted by Gasteiger charge is 2.33. The number of hydrogen-bond acceptors (Lipinski definition) is 7. The van der Waals surface area contributed by atoms with Crippen LogP contribution in [0.15, 0.2) is 29.5 Å². The first-order valence-corrected chi connectivity index (χ1v) is 9.76. The lowest BCUT2D eigenvalue weighted by atomic mass is 10.2. The van der Waals surface area contributed by atoms with Gasteiger partial charge >= 0.3 is 6.36 Å². The van der Waals surface area contributed by atoms with E-state index in [1.54, 1.807) is 11.8 Å². The SMILES string of the molecule is CC1(C)CN=C(N2CCN(c3ncnc4ccc(OC(F)(F)F)cc34)CC2)S1. The number of aromatic nitrogens is 2. The fourth-order valence-electron chi connectivity index (χ4n) is 3.32. The number of aliphatic imine (C=N–C) groups is 1. The predicted octanol–water partition coefficient (Wildman–Crippen LogP) is 3.53. The molecule has 0 spiro atoms. The van der Waals surface area contributed by atoms with E-state index in [-0.39, 0.29) is 10.5 Å². The third-order valence-electron chi connectivity index (χ3n) is 4.63. The number of anilines is 1. The van der Waals surface area contributed by atoms with Crippen molar-refractivity contribution < 1.29 is 17.9 Å². The summed E-state index contributed by atoms with van der Waals surface area (Å²) >= 11 is 1.79. The predicted molar refractivity (Wildman–Crippen MR) is 104 cm³/mol. The Morgan fingerprint density at radius 2 is 1.79 bits per heavy atom. The summed E-state index contributed by atoms with van der Waals surface area (Å²) in [5.41, 5.74) is 0.583. The summed E-state index contributed by atoms with van der Waals surface area (Å²) in [6.07, 6.45) is -3.30. The zero-order valence-corrected chi connectivity index (χ0v) is 16.3. The maximum atomic E-state index is 12.6. The molecule has 2 aliphatic rings. The van der Waals surface area contributed by atoms with Gasteiger partial charge in [0.25, 0.3) is 0 Å². The Kier molecular flexibility index (Phi) is 4.76. The molecule has 6 nitrogen and oxygen atoms in total. The molecule has 10 heteroatoms. The smallest absolute Gasteiger partial charge is 0.406 e. The Balaban J connectivity index is 1.52. The minimum atomic E-state index is -4.73. The maximum absolute atomic E-state index is 12.6. The number of thioether (sulfide) groups is 1. The Labute approximate surface area is 164 Å². The van der Waals surface area contributed by atoms with Crippen molar-refractivity contribution in [3.05, 3.63) is 24.5 Å². The fourth-order valence-corrected chi connectivity index (χ4v) is 4.38. The van der Waals surface area contributed by atoms with E-state index < -0.39 is 6.36 Å². The first-order valence-electron chi connectivity index (χ1n) is 8.94. The molecule has 0 amide bonds. The molecular weight excluding hydrogens is 391 g/mol. The highest BCUT2D eigenvalue weighted by Crippen LogP contribution is 2.34. The second-order valence-corrected chi connectivity index (χ2v) is 9.03. The summed E-state index contributed by atoms with van der Waals surface area (Å²) in [5, 5.41) is 1.62. The van der Waals surface area contributed by atoms with Gasteiger partial charge in [-0.2, -0.15) is 0 Å². The Morgan fingerprint density at radius 1 is 1.07 bits per heavy atom. The molecule has 2 aliphatic heterocycles. The average molecular weight is 411 g/mol. The van der Waals surface area contributed by atoms with Crippen LogP contribution in [0.3, 0.4) is 0 Å². The second-order valence-electron chi connectivity index (χ2n) is 7.36. The van der Waals surface area contributed by atoms with Crippen LogP contribution in [0, 0.1) is 0 Å². The molecule has 2 aromatic rings. The molecule has 1 saturated heterocycles. The van der Waals surface area contributed by atoms with Crippen molar-refractivity contribution >= 4 is 33.7 Å². The van der Waals surface area contributed by atoms with Crippen LogP contribution in [0.4, 0.5) is 19.0 Å². The molecular formula is C18H20F3N5OS. The minimum Gasteiger partial charge on any atom is -0.406 e. The van der Waals surface area contributed by atoms with E-state index in [2.05, 4.69) is 43.3 Å². The van der Waals surface area contributed by atoms with Crippen molar-refractivity contribution in [2.75, 3.05) is 37.6 Å². The topological polar surface area (TPSA) is 53.9 Å². The molecule has 28 heavy (non-hydrogen) atoms. The summed E-state index contributed by atoms with van der Waals surface area (Å²) in [5.74, 6) is 0.354. The van der Waals surface area contributed by atoms with E-state index in [1.807, 2.05) is 0 Å². The molecule has 4 rings (SSSR count). The Morgan fingerprint density at radius 3 is 2.43 bits per heavy atom. The van der Waals surface area contributed by atoms with Crippen molar-refractivity contribution in [2.24, 2.45) is 4.99 Å². The summed E-state index contributed by atoms with van der Waals surface area (Å²) in [4.78, 5) is 17.5. The summed E-state index contributed by atoms with van der Waals surface area (Å²) in [6.45, 7) is 8.15. The van der Waals surface area contributed by atoms with Gasteiger partial charge in [-0.1, -0.05) is 11.8 Å². The number of piperazine rings is 1. The number of fused-ring (bicyclic) bond motifs is 1. The van der Waals surface area contributed by atoms with Gasteiger partial charge in [-0.25, -0.2) is 9.97 Å². The number of hydrogen-bond donors (Lipinski definition) is 0. The van der Waals surface area contributed by atoms with Crippen LogP contribution in [0.5, 0.6) is 5.75 Å². The molecule has 1 aromatic heterocycles. The van der Waals surface area contributed by atoms with Crippen molar-refractivity contribution in [1.29, 1.82) is 0 Å².